The summed E-state index contributed by atoms with van der Waals surface area (Å²) in [6, 6.07) is 0. The molecule has 1 saturated carbocycles. The van der Waals surface area contributed by atoms with Gasteiger partial charge in [-0.3, -0.25) is 9.59 Å². The molecule has 64 valence electrons. The van der Waals surface area contributed by atoms with Gasteiger partial charge >= 0.3 is 0 Å². The number of carbonyl (C=O) groups excluding carboxylic acids is 2. The summed E-state index contributed by atoms with van der Waals surface area (Å²) in [6.45, 7) is 3.72. The van der Waals surface area contributed by atoms with Crippen LogP contribution in [0, 0.1) is 11.3 Å². The quantitative estimate of drug-likeness (QED) is 0.401. The normalized spacial score (nSPS) is 40.2. The van der Waals surface area contributed by atoms with Crippen LogP contribution >= 0.6 is 0 Å². The molecular formula is C10H12O2. The van der Waals surface area contributed by atoms with Crippen LogP contribution in [0.1, 0.15) is 26.7 Å². The number of fused-ring (bicyclic) bond motifs is 2. The van der Waals surface area contributed by atoms with Gasteiger partial charge in [0, 0.05) is 12.3 Å². The van der Waals surface area contributed by atoms with Gasteiger partial charge in [-0.05, 0) is 20.3 Å². The minimum absolute atomic E-state index is 0.0868. The molecule has 0 aliphatic heterocycles. The van der Waals surface area contributed by atoms with Gasteiger partial charge < -0.3 is 0 Å². The first-order chi connectivity index (χ1) is 5.55. The lowest BCUT2D eigenvalue weighted by molar-refractivity contribution is -0.134. The molecule has 2 unspecified atom stereocenters. The Morgan fingerprint density at radius 1 is 1.50 bits per heavy atom. The van der Waals surface area contributed by atoms with E-state index in [4.69, 9.17) is 0 Å². The Hall–Kier alpha value is -0.920. The minimum Gasteiger partial charge on any atom is -0.299 e. The van der Waals surface area contributed by atoms with E-state index < -0.39 is 5.41 Å². The molecule has 2 atom stereocenters. The van der Waals surface area contributed by atoms with Crippen LogP contribution in [0.5, 0.6) is 0 Å². The summed E-state index contributed by atoms with van der Waals surface area (Å²) >= 11 is 0. The lowest BCUT2D eigenvalue weighted by Gasteiger charge is -2.23. The molecule has 2 heteroatoms. The molecule has 2 nitrogen and oxygen atoms in total. The molecule has 0 N–H and O–H groups in total. The molecule has 12 heavy (non-hydrogen) atoms. The molecule has 0 heterocycles. The fourth-order valence-electron chi connectivity index (χ4n) is 2.11. The molecule has 0 aromatic rings. The van der Waals surface area contributed by atoms with Crippen LogP contribution < -0.4 is 0 Å². The maximum Gasteiger partial charge on any atom is 0.153 e. The van der Waals surface area contributed by atoms with E-state index in [1.807, 2.05) is 13.0 Å². The molecular weight excluding hydrogens is 152 g/mol. The van der Waals surface area contributed by atoms with E-state index in [0.717, 1.165) is 5.57 Å². The second kappa shape index (κ2) is 2.06. The third kappa shape index (κ3) is 0.701. The maximum absolute atomic E-state index is 11.7. The van der Waals surface area contributed by atoms with Crippen molar-refractivity contribution in [2.24, 2.45) is 11.3 Å². The predicted molar refractivity (Wildman–Crippen MR) is 44.6 cm³/mol. The molecule has 0 radical (unpaired) electrons. The molecule has 1 fully saturated rings. The molecule has 2 aliphatic carbocycles. The predicted octanol–water partition coefficient (Wildman–Crippen LogP) is 1.50. The van der Waals surface area contributed by atoms with E-state index in [1.54, 1.807) is 6.92 Å². The second-order valence-corrected chi connectivity index (χ2v) is 4.03. The average molecular weight is 164 g/mol. The zero-order chi connectivity index (χ0) is 8.93. The first-order valence-corrected chi connectivity index (χ1v) is 4.30. The van der Waals surface area contributed by atoms with Gasteiger partial charge in [-0.25, -0.2) is 0 Å². The standard InChI is InChI=1S/C10H12O2/c1-6-3-4-10(2)8(11)5-7(6)9(10)12/h3,7H,4-5H2,1-2H3. The zero-order valence-corrected chi connectivity index (χ0v) is 7.39. The molecule has 0 aromatic carbocycles. The van der Waals surface area contributed by atoms with E-state index >= 15 is 0 Å². The van der Waals surface area contributed by atoms with Crippen LogP contribution in [-0.2, 0) is 9.59 Å². The largest absolute Gasteiger partial charge is 0.299 e. The minimum atomic E-state index is -0.663. The number of Topliss-reactive ketones (excluding diaryl/α,β-unsaturated/α-hetero) is 2. The van der Waals surface area contributed by atoms with Crippen LogP contribution in [0.3, 0.4) is 0 Å². The summed E-state index contributed by atoms with van der Waals surface area (Å²) in [4.78, 5) is 23.1. The SMILES string of the molecule is CC1=CCC2(C)C(=O)CC1C2=O. The third-order valence-electron chi connectivity index (χ3n) is 3.25. The van der Waals surface area contributed by atoms with Crippen molar-refractivity contribution in [2.45, 2.75) is 26.7 Å². The number of carbonyl (C=O) groups is 2. The van der Waals surface area contributed by atoms with Crippen molar-refractivity contribution in [3.05, 3.63) is 11.6 Å². The summed E-state index contributed by atoms with van der Waals surface area (Å²) in [5.74, 6) is 0.189. The lowest BCUT2D eigenvalue weighted by Crippen LogP contribution is -2.32. The summed E-state index contributed by atoms with van der Waals surface area (Å²) in [5.41, 5.74) is 0.424. The molecule has 0 amide bonds. The van der Waals surface area contributed by atoms with E-state index in [-0.39, 0.29) is 17.5 Å². The Morgan fingerprint density at radius 3 is 2.75 bits per heavy atom. The Labute approximate surface area is 71.6 Å². The van der Waals surface area contributed by atoms with Crippen LogP contribution in [0.2, 0.25) is 0 Å². The third-order valence-corrected chi connectivity index (χ3v) is 3.25. The second-order valence-electron chi connectivity index (χ2n) is 4.03. The zero-order valence-electron chi connectivity index (χ0n) is 7.39. The molecule has 0 spiro atoms. The van der Waals surface area contributed by atoms with Crippen LogP contribution in [0.25, 0.3) is 0 Å². The fourth-order valence-corrected chi connectivity index (χ4v) is 2.11. The average Bonchev–Trinajstić information content (AvgIpc) is 2.17. The van der Waals surface area contributed by atoms with E-state index in [1.165, 1.54) is 0 Å². The molecule has 2 bridgehead atoms. The van der Waals surface area contributed by atoms with Gasteiger partial charge in [0.2, 0.25) is 0 Å². The smallest absolute Gasteiger partial charge is 0.153 e. The summed E-state index contributed by atoms with van der Waals surface area (Å²) < 4.78 is 0. The van der Waals surface area contributed by atoms with E-state index in [0.29, 0.717) is 12.8 Å². The highest BCUT2D eigenvalue weighted by Crippen LogP contribution is 2.45. The van der Waals surface area contributed by atoms with Gasteiger partial charge in [-0.15, -0.1) is 0 Å². The van der Waals surface area contributed by atoms with Crippen LogP contribution in [-0.4, -0.2) is 11.6 Å². The number of hydrogen-bond donors (Lipinski definition) is 0. The van der Waals surface area contributed by atoms with Crippen molar-refractivity contribution in [1.29, 1.82) is 0 Å². The molecule has 0 aromatic heterocycles. The van der Waals surface area contributed by atoms with Gasteiger partial charge in [-0.1, -0.05) is 11.6 Å². The first-order valence-electron chi connectivity index (χ1n) is 4.30. The van der Waals surface area contributed by atoms with E-state index in [9.17, 15) is 9.59 Å². The molecule has 0 saturated heterocycles. The molecule has 2 aliphatic rings. The first kappa shape index (κ1) is 7.71. The summed E-state index contributed by atoms with van der Waals surface area (Å²) in [5, 5.41) is 0. The molecule has 2 rings (SSSR count). The highest BCUT2D eigenvalue weighted by Gasteiger charge is 2.52. The van der Waals surface area contributed by atoms with E-state index in [2.05, 4.69) is 0 Å². The van der Waals surface area contributed by atoms with Crippen molar-refractivity contribution >= 4 is 11.6 Å². The van der Waals surface area contributed by atoms with Gasteiger partial charge in [0.1, 0.15) is 5.78 Å². The van der Waals surface area contributed by atoms with Crippen molar-refractivity contribution < 1.29 is 9.59 Å². The number of rotatable bonds is 0. The monoisotopic (exact) mass is 164 g/mol. The van der Waals surface area contributed by atoms with Crippen molar-refractivity contribution in [2.75, 3.05) is 0 Å². The summed E-state index contributed by atoms with van der Waals surface area (Å²) in [7, 11) is 0. The van der Waals surface area contributed by atoms with Crippen LogP contribution in [0.15, 0.2) is 11.6 Å². The Bertz CT molecular complexity index is 301. The number of hydrogen-bond acceptors (Lipinski definition) is 2. The Balaban J connectivity index is 2.51. The van der Waals surface area contributed by atoms with Crippen molar-refractivity contribution in [3.63, 3.8) is 0 Å². The van der Waals surface area contributed by atoms with Gasteiger partial charge in [0.15, 0.2) is 5.78 Å². The van der Waals surface area contributed by atoms with Gasteiger partial charge in [-0.2, -0.15) is 0 Å². The Kier molecular flexibility index (Phi) is 1.33. The lowest BCUT2D eigenvalue weighted by atomic mass is 9.77. The van der Waals surface area contributed by atoms with Crippen LogP contribution in [0.4, 0.5) is 0 Å². The van der Waals surface area contributed by atoms with Gasteiger partial charge in [0.25, 0.3) is 0 Å². The Morgan fingerprint density at radius 2 is 2.17 bits per heavy atom. The summed E-state index contributed by atoms with van der Waals surface area (Å²) in [6.07, 6.45) is 3.10. The van der Waals surface area contributed by atoms with Crippen molar-refractivity contribution in [3.8, 4) is 0 Å². The fraction of sp³-hybridized carbons (Fsp3) is 0.600. The number of allylic oxidation sites excluding steroid dienone is 2. The topological polar surface area (TPSA) is 34.1 Å². The van der Waals surface area contributed by atoms with Gasteiger partial charge in [0.05, 0.1) is 5.41 Å². The number of ketones is 2. The highest BCUT2D eigenvalue weighted by atomic mass is 16.2. The maximum atomic E-state index is 11.7. The van der Waals surface area contributed by atoms with Crippen molar-refractivity contribution in [1.82, 2.24) is 0 Å². The highest BCUT2D eigenvalue weighted by molar-refractivity contribution is 6.15.